The molecule has 1 aliphatic heterocycles. The molecule has 1 heterocycles. The third kappa shape index (κ3) is 4.05. The van der Waals surface area contributed by atoms with Crippen LogP contribution in [0.1, 0.15) is 29.9 Å². The Bertz CT molecular complexity index is 1110. The minimum Gasteiger partial charge on any atom is -0.481 e. The van der Waals surface area contributed by atoms with Crippen molar-refractivity contribution in [2.45, 2.75) is 30.3 Å². The van der Waals surface area contributed by atoms with E-state index in [2.05, 4.69) is 22.8 Å². The second kappa shape index (κ2) is 8.95. The number of hydrogen-bond acceptors (Lipinski definition) is 5. The van der Waals surface area contributed by atoms with Gasteiger partial charge in [0.15, 0.2) is 0 Å². The molecule has 8 nitrogen and oxygen atoms in total. The van der Waals surface area contributed by atoms with Gasteiger partial charge in [0, 0.05) is 25.0 Å². The van der Waals surface area contributed by atoms with Gasteiger partial charge in [-0.05, 0) is 28.7 Å². The summed E-state index contributed by atoms with van der Waals surface area (Å²) in [5.74, 6) is -2.04. The molecule has 1 fully saturated rings. The summed E-state index contributed by atoms with van der Waals surface area (Å²) < 4.78 is 11.1. The van der Waals surface area contributed by atoms with E-state index in [0.29, 0.717) is 13.0 Å². The zero-order chi connectivity index (χ0) is 23.7. The van der Waals surface area contributed by atoms with E-state index in [4.69, 9.17) is 14.6 Å². The lowest BCUT2D eigenvalue weighted by Crippen LogP contribution is -2.60. The highest BCUT2D eigenvalue weighted by atomic mass is 16.6. The van der Waals surface area contributed by atoms with Crippen molar-refractivity contribution < 1.29 is 29.0 Å². The first-order chi connectivity index (χ1) is 16.5. The Hall–Kier alpha value is -3.65. The number of alkyl carbamates (subject to hydrolysis) is 1. The van der Waals surface area contributed by atoms with E-state index >= 15 is 0 Å². The van der Waals surface area contributed by atoms with Crippen LogP contribution in [0.5, 0.6) is 0 Å². The predicted molar refractivity (Wildman–Crippen MR) is 123 cm³/mol. The van der Waals surface area contributed by atoms with Crippen molar-refractivity contribution in [3.05, 3.63) is 71.8 Å². The lowest BCUT2D eigenvalue weighted by molar-refractivity contribution is -0.140. The minimum atomic E-state index is -1.25. The second-order valence-electron chi connectivity index (χ2n) is 8.98. The van der Waals surface area contributed by atoms with E-state index in [-0.39, 0.29) is 25.6 Å². The Labute approximate surface area is 196 Å². The molecule has 3 N–H and O–H groups in total. The highest BCUT2D eigenvalue weighted by Gasteiger charge is 2.45. The van der Waals surface area contributed by atoms with Crippen molar-refractivity contribution in [2.24, 2.45) is 5.92 Å². The maximum absolute atomic E-state index is 13.1. The third-order valence-electron chi connectivity index (χ3n) is 6.86. The maximum Gasteiger partial charge on any atom is 0.408 e. The molecule has 5 rings (SSSR count). The molecule has 0 spiro atoms. The second-order valence-corrected chi connectivity index (χ2v) is 8.98. The first-order valence-electron chi connectivity index (χ1n) is 11.4. The van der Waals surface area contributed by atoms with Gasteiger partial charge in [0.25, 0.3) is 0 Å². The summed E-state index contributed by atoms with van der Waals surface area (Å²) in [7, 11) is 0. The van der Waals surface area contributed by atoms with Crippen LogP contribution in [0.4, 0.5) is 4.79 Å². The molecule has 0 radical (unpaired) electrons. The summed E-state index contributed by atoms with van der Waals surface area (Å²) in [6, 6.07) is 15.7. The largest absolute Gasteiger partial charge is 0.481 e. The molecule has 34 heavy (non-hydrogen) atoms. The molecule has 3 aliphatic rings. The molecule has 3 atom stereocenters. The summed E-state index contributed by atoms with van der Waals surface area (Å²) >= 11 is 0. The third-order valence-corrected chi connectivity index (χ3v) is 6.86. The van der Waals surface area contributed by atoms with Crippen molar-refractivity contribution in [1.29, 1.82) is 0 Å². The Morgan fingerprint density at radius 3 is 2.29 bits per heavy atom. The van der Waals surface area contributed by atoms with Gasteiger partial charge >= 0.3 is 12.1 Å². The summed E-state index contributed by atoms with van der Waals surface area (Å²) in [6.07, 6.45) is 3.15. The van der Waals surface area contributed by atoms with Gasteiger partial charge in [-0.3, -0.25) is 9.59 Å². The van der Waals surface area contributed by atoms with Crippen LogP contribution in [0.2, 0.25) is 0 Å². The summed E-state index contributed by atoms with van der Waals surface area (Å²) in [5.41, 5.74) is 3.23. The van der Waals surface area contributed by atoms with E-state index in [9.17, 15) is 14.4 Å². The van der Waals surface area contributed by atoms with Crippen LogP contribution < -0.4 is 10.6 Å². The van der Waals surface area contributed by atoms with Crippen LogP contribution in [0.3, 0.4) is 0 Å². The van der Waals surface area contributed by atoms with E-state index in [0.717, 1.165) is 22.3 Å². The zero-order valence-corrected chi connectivity index (χ0v) is 18.5. The highest BCUT2D eigenvalue weighted by molar-refractivity contribution is 5.91. The number of ether oxygens (including phenoxy) is 2. The number of amides is 2. The summed E-state index contributed by atoms with van der Waals surface area (Å²) in [5, 5.41) is 14.7. The van der Waals surface area contributed by atoms with Crippen molar-refractivity contribution in [2.75, 3.05) is 19.8 Å². The quantitative estimate of drug-likeness (QED) is 0.569. The van der Waals surface area contributed by atoms with Gasteiger partial charge in [-0.15, -0.1) is 0 Å². The molecular formula is C26H26N2O6. The number of hydrogen-bond donors (Lipinski definition) is 3. The van der Waals surface area contributed by atoms with E-state index in [1.165, 1.54) is 0 Å². The standard InChI is InChI=1S/C26H26N2O6/c29-23(30)16-9-10-17(13-16)27-24(31)26(11-12-33-15-26)28-25(32)34-14-22-20-7-3-1-5-18(20)19-6-2-4-8-21(19)22/h1-10,16-17,22H,11-15H2,(H,27,31)(H,28,32)(H,29,30). The van der Waals surface area contributed by atoms with Gasteiger partial charge < -0.3 is 25.2 Å². The van der Waals surface area contributed by atoms with Crippen molar-refractivity contribution in [1.82, 2.24) is 10.6 Å². The summed E-state index contributed by atoms with van der Waals surface area (Å²) in [4.78, 5) is 37.1. The van der Waals surface area contributed by atoms with Crippen LogP contribution in [0.15, 0.2) is 60.7 Å². The van der Waals surface area contributed by atoms with Crippen molar-refractivity contribution in [3.63, 3.8) is 0 Å². The lowest BCUT2D eigenvalue weighted by atomic mass is 9.96. The van der Waals surface area contributed by atoms with E-state index in [1.54, 1.807) is 12.2 Å². The number of aliphatic carboxylic acids is 1. The zero-order valence-electron chi connectivity index (χ0n) is 18.5. The molecule has 0 aromatic heterocycles. The Morgan fingerprint density at radius 2 is 1.71 bits per heavy atom. The van der Waals surface area contributed by atoms with E-state index < -0.39 is 35.5 Å². The molecule has 0 bridgehead atoms. The topological polar surface area (TPSA) is 114 Å². The Balaban J connectivity index is 1.24. The molecular weight excluding hydrogens is 436 g/mol. The normalized spacial score (nSPS) is 24.9. The Morgan fingerprint density at radius 1 is 1.03 bits per heavy atom. The van der Waals surface area contributed by atoms with Crippen LogP contribution in [-0.2, 0) is 19.1 Å². The molecule has 3 unspecified atom stereocenters. The van der Waals surface area contributed by atoms with Crippen LogP contribution >= 0.6 is 0 Å². The molecule has 0 saturated carbocycles. The first kappa shape index (κ1) is 22.2. The molecule has 2 aliphatic carbocycles. The smallest absolute Gasteiger partial charge is 0.408 e. The summed E-state index contributed by atoms with van der Waals surface area (Å²) in [6.45, 7) is 0.501. The lowest BCUT2D eigenvalue weighted by Gasteiger charge is -2.29. The fraction of sp³-hybridized carbons (Fsp3) is 0.346. The number of rotatable bonds is 6. The molecule has 1 saturated heterocycles. The van der Waals surface area contributed by atoms with Gasteiger partial charge in [0.05, 0.1) is 12.5 Å². The van der Waals surface area contributed by atoms with Gasteiger partial charge in [-0.2, -0.15) is 0 Å². The van der Waals surface area contributed by atoms with E-state index in [1.807, 2.05) is 36.4 Å². The molecule has 176 valence electrons. The fourth-order valence-corrected chi connectivity index (χ4v) is 5.02. The van der Waals surface area contributed by atoms with Crippen molar-refractivity contribution >= 4 is 18.0 Å². The van der Waals surface area contributed by atoms with Gasteiger partial charge in [-0.25, -0.2) is 4.79 Å². The number of fused-ring (bicyclic) bond motifs is 3. The van der Waals surface area contributed by atoms with Crippen molar-refractivity contribution in [3.8, 4) is 11.1 Å². The monoisotopic (exact) mass is 462 g/mol. The van der Waals surface area contributed by atoms with Crippen LogP contribution in [0, 0.1) is 5.92 Å². The number of nitrogens with one attached hydrogen (secondary N) is 2. The minimum absolute atomic E-state index is 0.0296. The number of benzene rings is 2. The molecule has 2 aromatic rings. The number of carboxylic acid groups (broad SMARTS) is 1. The fourth-order valence-electron chi connectivity index (χ4n) is 5.02. The molecule has 8 heteroatoms. The molecule has 2 aromatic carbocycles. The number of carbonyl (C=O) groups excluding carboxylic acids is 2. The van der Waals surface area contributed by atoms with Gasteiger partial charge in [0.1, 0.15) is 12.1 Å². The van der Waals surface area contributed by atoms with Gasteiger partial charge in [0.2, 0.25) is 5.91 Å². The average molecular weight is 463 g/mol. The molecule has 2 amide bonds. The Kier molecular flexibility index (Phi) is 5.83. The van der Waals surface area contributed by atoms with Gasteiger partial charge in [-0.1, -0.05) is 60.7 Å². The maximum atomic E-state index is 13.1. The number of carboxylic acids is 1. The highest BCUT2D eigenvalue weighted by Crippen LogP contribution is 2.44. The number of carbonyl (C=O) groups is 3. The SMILES string of the molecule is O=C(NC1(C(=O)NC2C=CC(C(=O)O)C2)CCOC1)OCC1c2ccccc2-c2ccccc21. The van der Waals surface area contributed by atoms with Crippen LogP contribution in [0.25, 0.3) is 11.1 Å². The average Bonchev–Trinajstić information content (AvgIpc) is 3.56. The first-order valence-corrected chi connectivity index (χ1v) is 11.4. The van der Waals surface area contributed by atoms with Crippen LogP contribution in [-0.4, -0.2) is 54.5 Å². The predicted octanol–water partition coefficient (Wildman–Crippen LogP) is 2.83.